The fourth-order valence-corrected chi connectivity index (χ4v) is 3.15. The van der Waals surface area contributed by atoms with E-state index in [1.54, 1.807) is 24.3 Å². The zero-order valence-corrected chi connectivity index (χ0v) is 13.9. The zero-order valence-electron chi connectivity index (χ0n) is 13.1. The van der Waals surface area contributed by atoms with E-state index >= 15 is 0 Å². The Bertz CT molecular complexity index is 483. The van der Waals surface area contributed by atoms with Crippen LogP contribution in [-0.2, 0) is 10.0 Å². The van der Waals surface area contributed by atoms with Crippen LogP contribution in [0, 0.1) is 0 Å². The Morgan fingerprint density at radius 2 is 1.57 bits per heavy atom. The molecule has 21 heavy (non-hydrogen) atoms. The first-order chi connectivity index (χ1) is 10.1. The summed E-state index contributed by atoms with van der Waals surface area (Å²) in [6.07, 6.45) is 6.87. The van der Waals surface area contributed by atoms with Crippen LogP contribution in [-0.4, -0.2) is 21.6 Å². The second-order valence-electron chi connectivity index (χ2n) is 5.07. The highest BCUT2D eigenvalue weighted by molar-refractivity contribution is 7.89. The molecule has 0 amide bonds. The van der Waals surface area contributed by atoms with E-state index in [4.69, 9.17) is 4.74 Å². The van der Waals surface area contributed by atoms with Crippen LogP contribution in [0.15, 0.2) is 29.2 Å². The molecule has 1 aromatic carbocycles. The minimum absolute atomic E-state index is 0.289. The lowest BCUT2D eigenvalue weighted by Crippen LogP contribution is -2.24. The monoisotopic (exact) mass is 313 g/mol. The normalized spacial score (nSPS) is 11.5. The standard InChI is InChI=1S/C16H27NO3S/c1-3-5-6-7-8-9-14-17-21(18,19)16-12-10-15(11-13-16)20-4-2/h10-13,17H,3-9,14H2,1-2H3. The number of ether oxygens (including phenoxy) is 1. The molecule has 0 fully saturated rings. The summed E-state index contributed by atoms with van der Waals surface area (Å²) in [7, 11) is -3.39. The first-order valence-corrected chi connectivity index (χ1v) is 9.31. The SMILES string of the molecule is CCCCCCCCNS(=O)(=O)c1ccc(OCC)cc1. The van der Waals surface area contributed by atoms with Gasteiger partial charge in [-0.1, -0.05) is 39.0 Å². The molecule has 0 unspecified atom stereocenters. The van der Waals surface area contributed by atoms with Gasteiger partial charge in [0, 0.05) is 6.54 Å². The minimum Gasteiger partial charge on any atom is -0.494 e. The van der Waals surface area contributed by atoms with E-state index in [1.807, 2.05) is 6.92 Å². The maximum Gasteiger partial charge on any atom is 0.240 e. The largest absolute Gasteiger partial charge is 0.494 e. The van der Waals surface area contributed by atoms with Crippen molar-refractivity contribution in [2.45, 2.75) is 57.3 Å². The van der Waals surface area contributed by atoms with Gasteiger partial charge in [0.25, 0.3) is 0 Å². The van der Waals surface area contributed by atoms with E-state index in [9.17, 15) is 8.42 Å². The fraction of sp³-hybridized carbons (Fsp3) is 0.625. The highest BCUT2D eigenvalue weighted by Gasteiger charge is 2.12. The van der Waals surface area contributed by atoms with Crippen molar-refractivity contribution in [3.63, 3.8) is 0 Å². The Morgan fingerprint density at radius 1 is 0.952 bits per heavy atom. The van der Waals surface area contributed by atoms with Gasteiger partial charge >= 0.3 is 0 Å². The van der Waals surface area contributed by atoms with Crippen molar-refractivity contribution in [1.29, 1.82) is 0 Å². The third-order valence-corrected chi connectivity index (χ3v) is 4.74. The molecule has 0 atom stereocenters. The Balaban J connectivity index is 2.35. The van der Waals surface area contributed by atoms with Gasteiger partial charge in [0.2, 0.25) is 10.0 Å². The first kappa shape index (κ1) is 18.0. The quantitative estimate of drug-likeness (QED) is 0.633. The van der Waals surface area contributed by atoms with Gasteiger partial charge in [0.05, 0.1) is 11.5 Å². The Kier molecular flexibility index (Phi) is 8.38. The molecule has 0 saturated carbocycles. The molecular formula is C16H27NO3S. The van der Waals surface area contributed by atoms with Crippen molar-refractivity contribution in [3.05, 3.63) is 24.3 Å². The molecule has 0 saturated heterocycles. The smallest absolute Gasteiger partial charge is 0.240 e. The van der Waals surface area contributed by atoms with Crippen LogP contribution >= 0.6 is 0 Å². The average molecular weight is 313 g/mol. The molecule has 0 aromatic heterocycles. The molecule has 1 N–H and O–H groups in total. The van der Waals surface area contributed by atoms with Crippen molar-refractivity contribution in [2.75, 3.05) is 13.2 Å². The van der Waals surface area contributed by atoms with Gasteiger partial charge in [0.15, 0.2) is 0 Å². The van der Waals surface area contributed by atoms with E-state index in [0.717, 1.165) is 12.8 Å². The number of unbranched alkanes of at least 4 members (excludes halogenated alkanes) is 5. The number of benzene rings is 1. The Morgan fingerprint density at radius 3 is 2.19 bits per heavy atom. The van der Waals surface area contributed by atoms with Crippen molar-refractivity contribution in [2.24, 2.45) is 0 Å². The molecule has 1 aromatic rings. The van der Waals surface area contributed by atoms with E-state index in [-0.39, 0.29) is 4.90 Å². The highest BCUT2D eigenvalue weighted by Crippen LogP contribution is 2.15. The maximum atomic E-state index is 12.1. The van der Waals surface area contributed by atoms with Crippen molar-refractivity contribution in [1.82, 2.24) is 4.72 Å². The van der Waals surface area contributed by atoms with Crippen molar-refractivity contribution in [3.8, 4) is 5.75 Å². The molecule has 4 nitrogen and oxygen atoms in total. The van der Waals surface area contributed by atoms with Gasteiger partial charge in [0.1, 0.15) is 5.75 Å². The zero-order chi connectivity index (χ0) is 15.6. The highest BCUT2D eigenvalue weighted by atomic mass is 32.2. The molecular weight excluding hydrogens is 286 g/mol. The Hall–Kier alpha value is -1.07. The summed E-state index contributed by atoms with van der Waals surface area (Å²) in [6, 6.07) is 6.52. The second-order valence-corrected chi connectivity index (χ2v) is 6.84. The molecule has 5 heteroatoms. The third kappa shape index (κ3) is 6.96. The summed E-state index contributed by atoms with van der Waals surface area (Å²) < 4.78 is 32.1. The molecule has 0 spiro atoms. The second kappa shape index (κ2) is 9.79. The van der Waals surface area contributed by atoms with Crippen LogP contribution in [0.2, 0.25) is 0 Å². The number of sulfonamides is 1. The number of nitrogens with one attached hydrogen (secondary N) is 1. The predicted octanol–water partition coefficient (Wildman–Crippen LogP) is 3.72. The van der Waals surface area contributed by atoms with Gasteiger partial charge in [-0.15, -0.1) is 0 Å². The number of rotatable bonds is 11. The van der Waals surface area contributed by atoms with Gasteiger partial charge in [-0.25, -0.2) is 13.1 Å². The third-order valence-electron chi connectivity index (χ3n) is 3.27. The average Bonchev–Trinajstić information content (AvgIpc) is 2.47. The van der Waals surface area contributed by atoms with E-state index < -0.39 is 10.0 Å². The van der Waals surface area contributed by atoms with Crippen LogP contribution in [0.1, 0.15) is 52.4 Å². The Labute approximate surface area is 129 Å². The molecule has 0 heterocycles. The number of hydrogen-bond donors (Lipinski definition) is 1. The molecule has 0 aliphatic heterocycles. The van der Waals surface area contributed by atoms with Gasteiger partial charge in [-0.3, -0.25) is 0 Å². The summed E-state index contributed by atoms with van der Waals surface area (Å²) in [4.78, 5) is 0.289. The lowest BCUT2D eigenvalue weighted by atomic mass is 10.1. The van der Waals surface area contributed by atoms with Gasteiger partial charge < -0.3 is 4.74 Å². The minimum atomic E-state index is -3.39. The predicted molar refractivity (Wildman–Crippen MR) is 86.2 cm³/mol. The molecule has 0 bridgehead atoms. The summed E-state index contributed by atoms with van der Waals surface area (Å²) in [5, 5.41) is 0. The molecule has 0 aliphatic carbocycles. The van der Waals surface area contributed by atoms with E-state index in [0.29, 0.717) is 18.9 Å². The summed E-state index contributed by atoms with van der Waals surface area (Å²) in [6.45, 7) is 5.15. The molecule has 1 rings (SSSR count). The topological polar surface area (TPSA) is 55.4 Å². The molecule has 0 radical (unpaired) electrons. The van der Waals surface area contributed by atoms with E-state index in [2.05, 4.69) is 11.6 Å². The summed E-state index contributed by atoms with van der Waals surface area (Å²) in [5.74, 6) is 0.687. The van der Waals surface area contributed by atoms with Crippen LogP contribution in [0.3, 0.4) is 0 Å². The van der Waals surface area contributed by atoms with Crippen LogP contribution in [0.25, 0.3) is 0 Å². The van der Waals surface area contributed by atoms with Crippen molar-refractivity contribution >= 4 is 10.0 Å². The maximum absolute atomic E-state index is 12.1. The van der Waals surface area contributed by atoms with Gasteiger partial charge in [-0.05, 0) is 37.6 Å². The lowest BCUT2D eigenvalue weighted by Gasteiger charge is -2.08. The molecule has 120 valence electrons. The van der Waals surface area contributed by atoms with Gasteiger partial charge in [-0.2, -0.15) is 0 Å². The van der Waals surface area contributed by atoms with E-state index in [1.165, 1.54) is 25.7 Å². The van der Waals surface area contributed by atoms with Crippen molar-refractivity contribution < 1.29 is 13.2 Å². The fourth-order valence-electron chi connectivity index (χ4n) is 2.08. The summed E-state index contributed by atoms with van der Waals surface area (Å²) in [5.41, 5.74) is 0. The van der Waals surface area contributed by atoms with Crippen LogP contribution in [0.4, 0.5) is 0 Å². The van der Waals surface area contributed by atoms with Crippen LogP contribution < -0.4 is 9.46 Å². The molecule has 0 aliphatic rings. The summed E-state index contributed by atoms with van der Waals surface area (Å²) >= 11 is 0. The lowest BCUT2D eigenvalue weighted by molar-refractivity contribution is 0.340. The van der Waals surface area contributed by atoms with Crippen LogP contribution in [0.5, 0.6) is 5.75 Å². The first-order valence-electron chi connectivity index (χ1n) is 7.82. The number of hydrogen-bond acceptors (Lipinski definition) is 3.